The molecule has 0 aliphatic rings. The van der Waals surface area contributed by atoms with E-state index in [9.17, 15) is 14.4 Å². The van der Waals surface area contributed by atoms with Crippen LogP contribution in [0, 0.1) is 0 Å². The lowest BCUT2D eigenvalue weighted by atomic mass is 10.1. The zero-order valence-corrected chi connectivity index (χ0v) is 14.0. The van der Waals surface area contributed by atoms with Crippen molar-refractivity contribution in [3.63, 3.8) is 0 Å². The number of ether oxygens (including phenoxy) is 1. The Morgan fingerprint density at radius 1 is 1.20 bits per heavy atom. The van der Waals surface area contributed by atoms with Crippen molar-refractivity contribution in [3.8, 4) is 5.75 Å². The molecule has 2 N–H and O–H groups in total. The van der Waals surface area contributed by atoms with Crippen molar-refractivity contribution in [1.29, 1.82) is 0 Å². The average Bonchev–Trinajstić information content (AvgIpc) is 2.56. The van der Waals surface area contributed by atoms with Crippen LogP contribution in [0.1, 0.15) is 31.2 Å². The van der Waals surface area contributed by atoms with Crippen LogP contribution in [0.25, 0.3) is 11.0 Å². The van der Waals surface area contributed by atoms with E-state index < -0.39 is 11.6 Å². The summed E-state index contributed by atoms with van der Waals surface area (Å²) in [4.78, 5) is 34.2. The molecule has 25 heavy (non-hydrogen) atoms. The summed E-state index contributed by atoms with van der Waals surface area (Å²) in [6, 6.07) is 6.43. The van der Waals surface area contributed by atoms with Gasteiger partial charge in [-0.25, -0.2) is 4.79 Å². The van der Waals surface area contributed by atoms with Crippen molar-refractivity contribution in [2.24, 2.45) is 0 Å². The number of carbonyl (C=O) groups is 2. The highest BCUT2D eigenvalue weighted by Gasteiger charge is 2.11. The number of rotatable bonds is 9. The fourth-order valence-corrected chi connectivity index (χ4v) is 2.52. The second-order valence-electron chi connectivity index (χ2n) is 5.68. The van der Waals surface area contributed by atoms with Crippen LogP contribution in [0.3, 0.4) is 0 Å². The smallest absolute Gasteiger partial charge is 0.336 e. The van der Waals surface area contributed by atoms with Gasteiger partial charge in [0.25, 0.3) is 0 Å². The van der Waals surface area contributed by atoms with Gasteiger partial charge < -0.3 is 19.6 Å². The van der Waals surface area contributed by atoms with E-state index in [4.69, 9.17) is 14.3 Å². The lowest BCUT2D eigenvalue weighted by molar-refractivity contribution is -0.137. The van der Waals surface area contributed by atoms with Crippen LogP contribution >= 0.6 is 0 Å². The summed E-state index contributed by atoms with van der Waals surface area (Å²) < 4.78 is 10.3. The number of benzene rings is 1. The summed E-state index contributed by atoms with van der Waals surface area (Å²) in [7, 11) is 1.52. The number of hydrogen-bond donors (Lipinski definition) is 2. The first-order valence-corrected chi connectivity index (χ1v) is 8.09. The minimum Gasteiger partial charge on any atom is -0.497 e. The highest BCUT2D eigenvalue weighted by atomic mass is 16.5. The predicted octanol–water partition coefficient (Wildman–Crippen LogP) is 2.11. The fourth-order valence-electron chi connectivity index (χ4n) is 2.52. The van der Waals surface area contributed by atoms with Crippen LogP contribution in [0.2, 0.25) is 0 Å². The highest BCUT2D eigenvalue weighted by molar-refractivity contribution is 5.87. The van der Waals surface area contributed by atoms with Gasteiger partial charge in [-0.1, -0.05) is 6.42 Å². The number of nitrogens with one attached hydrogen (secondary N) is 1. The number of methoxy groups -OCH3 is 1. The van der Waals surface area contributed by atoms with Crippen LogP contribution in [-0.4, -0.2) is 30.6 Å². The van der Waals surface area contributed by atoms with E-state index >= 15 is 0 Å². The summed E-state index contributed by atoms with van der Waals surface area (Å²) in [5.41, 5.74) is 0.456. The third-order valence-corrected chi connectivity index (χ3v) is 3.78. The molecule has 0 saturated carbocycles. The maximum Gasteiger partial charge on any atom is 0.336 e. The number of unbranched alkanes of at least 4 members (excludes halogenated alkanes) is 2. The molecule has 134 valence electrons. The van der Waals surface area contributed by atoms with Gasteiger partial charge in [-0.3, -0.25) is 9.59 Å². The first-order chi connectivity index (χ1) is 12.0. The van der Waals surface area contributed by atoms with Crippen LogP contribution in [0.4, 0.5) is 0 Å². The summed E-state index contributed by atoms with van der Waals surface area (Å²) in [5, 5.41) is 12.0. The van der Waals surface area contributed by atoms with Crippen LogP contribution in [0.5, 0.6) is 5.75 Å². The van der Waals surface area contributed by atoms with Crippen LogP contribution in [0.15, 0.2) is 33.5 Å². The molecule has 1 aromatic carbocycles. The first-order valence-electron chi connectivity index (χ1n) is 8.09. The zero-order chi connectivity index (χ0) is 18.2. The number of amides is 1. The quantitative estimate of drug-likeness (QED) is 0.531. The van der Waals surface area contributed by atoms with Gasteiger partial charge in [0.15, 0.2) is 0 Å². The van der Waals surface area contributed by atoms with Gasteiger partial charge in [0.1, 0.15) is 11.3 Å². The average molecular weight is 347 g/mol. The molecule has 0 spiro atoms. The Balaban J connectivity index is 1.94. The second-order valence-corrected chi connectivity index (χ2v) is 5.68. The van der Waals surface area contributed by atoms with Crippen molar-refractivity contribution >= 4 is 22.8 Å². The molecule has 0 atom stereocenters. The molecule has 1 aromatic heterocycles. The van der Waals surface area contributed by atoms with Crippen molar-refractivity contribution in [3.05, 3.63) is 40.2 Å². The minimum atomic E-state index is -0.810. The minimum absolute atomic E-state index is 0.0730. The molecule has 0 saturated heterocycles. The Morgan fingerprint density at radius 3 is 2.72 bits per heavy atom. The molecule has 0 aliphatic carbocycles. The lowest BCUT2D eigenvalue weighted by Gasteiger charge is -2.08. The van der Waals surface area contributed by atoms with Gasteiger partial charge in [0, 0.05) is 30.5 Å². The normalized spacial score (nSPS) is 10.6. The van der Waals surface area contributed by atoms with Gasteiger partial charge in [-0.15, -0.1) is 0 Å². The molecule has 0 bridgehead atoms. The monoisotopic (exact) mass is 347 g/mol. The fraction of sp³-hybridized carbons (Fsp3) is 0.389. The first kappa shape index (κ1) is 18.5. The van der Waals surface area contributed by atoms with Crippen molar-refractivity contribution < 1.29 is 23.8 Å². The number of carbonyl (C=O) groups excluding carboxylic acids is 1. The summed E-state index contributed by atoms with van der Waals surface area (Å²) in [5.74, 6) is -0.435. The maximum absolute atomic E-state index is 12.1. The number of hydrogen-bond acceptors (Lipinski definition) is 5. The van der Waals surface area contributed by atoms with Gasteiger partial charge in [-0.05, 0) is 30.5 Å². The summed E-state index contributed by atoms with van der Waals surface area (Å²) >= 11 is 0. The van der Waals surface area contributed by atoms with Crippen molar-refractivity contribution in [2.75, 3.05) is 13.7 Å². The molecule has 0 aliphatic heterocycles. The molecule has 1 amide bonds. The highest BCUT2D eigenvalue weighted by Crippen LogP contribution is 2.22. The Bertz CT molecular complexity index is 811. The van der Waals surface area contributed by atoms with E-state index in [-0.39, 0.29) is 18.7 Å². The topological polar surface area (TPSA) is 106 Å². The Kier molecular flexibility index (Phi) is 6.56. The number of carboxylic acid groups (broad SMARTS) is 1. The maximum atomic E-state index is 12.1. The second kappa shape index (κ2) is 8.86. The van der Waals surface area contributed by atoms with Crippen molar-refractivity contribution in [1.82, 2.24) is 5.32 Å². The van der Waals surface area contributed by atoms with E-state index in [0.717, 1.165) is 6.42 Å². The van der Waals surface area contributed by atoms with Gasteiger partial charge >= 0.3 is 11.6 Å². The number of aliphatic carboxylic acids is 1. The van der Waals surface area contributed by atoms with Gasteiger partial charge in [0.2, 0.25) is 5.91 Å². The molecule has 0 fully saturated rings. The number of fused-ring (bicyclic) bond motifs is 1. The molecule has 0 unspecified atom stereocenters. The molecule has 0 radical (unpaired) electrons. The third kappa shape index (κ3) is 5.63. The molecular formula is C18H21NO6. The zero-order valence-electron chi connectivity index (χ0n) is 14.0. The van der Waals surface area contributed by atoms with Crippen molar-refractivity contribution in [2.45, 2.75) is 32.1 Å². The van der Waals surface area contributed by atoms with Crippen LogP contribution in [-0.2, 0) is 16.0 Å². The van der Waals surface area contributed by atoms with E-state index in [1.54, 1.807) is 18.2 Å². The molecular weight excluding hydrogens is 326 g/mol. The number of carboxylic acids is 1. The van der Waals surface area contributed by atoms with Gasteiger partial charge in [-0.2, -0.15) is 0 Å². The van der Waals surface area contributed by atoms with E-state index in [1.807, 2.05) is 0 Å². The van der Waals surface area contributed by atoms with Gasteiger partial charge in [0.05, 0.1) is 13.5 Å². The molecule has 7 nitrogen and oxygen atoms in total. The summed E-state index contributed by atoms with van der Waals surface area (Å²) in [6.07, 6.45) is 2.27. The predicted molar refractivity (Wildman–Crippen MR) is 91.9 cm³/mol. The SMILES string of the molecule is COc1ccc2c(CC(=O)NCCCCCC(=O)O)cc(=O)oc2c1. The molecule has 2 aromatic rings. The Morgan fingerprint density at radius 2 is 2.00 bits per heavy atom. The van der Waals surface area contributed by atoms with Crippen LogP contribution < -0.4 is 15.7 Å². The summed E-state index contributed by atoms with van der Waals surface area (Å²) in [6.45, 7) is 0.478. The standard InChI is InChI=1S/C18H21NO6/c1-24-13-6-7-14-12(10-18(23)25-15(14)11-13)9-16(20)19-8-4-2-3-5-17(21)22/h6-7,10-11H,2-5,8-9H2,1H3,(H,19,20)(H,21,22). The Labute approximate surface area is 144 Å². The Hall–Kier alpha value is -2.83. The molecule has 1 heterocycles. The largest absolute Gasteiger partial charge is 0.497 e. The lowest BCUT2D eigenvalue weighted by Crippen LogP contribution is -2.26. The van der Waals surface area contributed by atoms with E-state index in [0.29, 0.717) is 41.7 Å². The van der Waals surface area contributed by atoms with E-state index in [1.165, 1.54) is 13.2 Å². The third-order valence-electron chi connectivity index (χ3n) is 3.78. The van der Waals surface area contributed by atoms with E-state index in [2.05, 4.69) is 5.32 Å². The molecule has 7 heteroatoms. The molecule has 2 rings (SSSR count).